The number of ether oxygens (including phenoxy) is 2. The van der Waals surface area contributed by atoms with Crippen LogP contribution in [0.15, 0.2) is 43.0 Å². The van der Waals surface area contributed by atoms with E-state index in [4.69, 9.17) is 9.47 Å². The van der Waals surface area contributed by atoms with Crippen LogP contribution in [0.3, 0.4) is 0 Å². The Morgan fingerprint density at radius 1 is 1.03 bits per heavy atom. The zero-order chi connectivity index (χ0) is 21.3. The SMILES string of the molecule is C=CC(=O)OCC1CCC(OC(=O)/C=C/c2ccc(C3CCCCC3)cc2)C(O)C1. The molecule has 0 aromatic heterocycles. The van der Waals surface area contributed by atoms with Gasteiger partial charge in [-0.05, 0) is 61.1 Å². The fraction of sp³-hybridized carbons (Fsp3) is 0.520. The highest BCUT2D eigenvalue weighted by atomic mass is 16.6. The molecule has 3 atom stereocenters. The quantitative estimate of drug-likeness (QED) is 0.525. The number of aliphatic hydroxyl groups excluding tert-OH is 1. The monoisotopic (exact) mass is 412 g/mol. The van der Waals surface area contributed by atoms with Gasteiger partial charge in [0.1, 0.15) is 6.10 Å². The van der Waals surface area contributed by atoms with E-state index in [9.17, 15) is 14.7 Å². The fourth-order valence-electron chi connectivity index (χ4n) is 4.42. The molecule has 0 heterocycles. The Morgan fingerprint density at radius 2 is 1.77 bits per heavy atom. The number of esters is 2. The summed E-state index contributed by atoms with van der Waals surface area (Å²) in [6, 6.07) is 8.40. The fourth-order valence-corrected chi connectivity index (χ4v) is 4.42. The first kappa shape index (κ1) is 22.3. The van der Waals surface area contributed by atoms with Crippen LogP contribution in [0.5, 0.6) is 0 Å². The molecule has 2 aliphatic carbocycles. The molecule has 1 N–H and O–H groups in total. The minimum Gasteiger partial charge on any atom is -0.462 e. The average Bonchev–Trinajstić information content (AvgIpc) is 2.78. The van der Waals surface area contributed by atoms with Crippen molar-refractivity contribution in [3.05, 3.63) is 54.1 Å². The third-order valence-corrected chi connectivity index (χ3v) is 6.18. The number of benzene rings is 1. The van der Waals surface area contributed by atoms with Crippen molar-refractivity contribution in [2.45, 2.75) is 69.5 Å². The first-order valence-electron chi connectivity index (χ1n) is 11.0. The molecule has 3 unspecified atom stereocenters. The van der Waals surface area contributed by atoms with Gasteiger partial charge in [0.05, 0.1) is 12.7 Å². The number of carbonyl (C=O) groups excluding carboxylic acids is 2. The summed E-state index contributed by atoms with van der Waals surface area (Å²) in [5.41, 5.74) is 2.34. The highest BCUT2D eigenvalue weighted by Gasteiger charge is 2.32. The molecule has 162 valence electrons. The van der Waals surface area contributed by atoms with Crippen molar-refractivity contribution in [2.75, 3.05) is 6.61 Å². The second-order valence-corrected chi connectivity index (χ2v) is 8.39. The topological polar surface area (TPSA) is 72.8 Å². The van der Waals surface area contributed by atoms with E-state index in [0.29, 0.717) is 18.8 Å². The summed E-state index contributed by atoms with van der Waals surface area (Å²) < 4.78 is 10.5. The lowest BCUT2D eigenvalue weighted by Gasteiger charge is -2.32. The van der Waals surface area contributed by atoms with Gasteiger partial charge in [0, 0.05) is 12.2 Å². The molecular weight excluding hydrogens is 380 g/mol. The number of aliphatic hydroxyl groups is 1. The minimum absolute atomic E-state index is 0.0667. The van der Waals surface area contributed by atoms with Crippen LogP contribution in [0.25, 0.3) is 6.08 Å². The van der Waals surface area contributed by atoms with Crippen LogP contribution in [-0.2, 0) is 19.1 Å². The van der Waals surface area contributed by atoms with E-state index in [1.165, 1.54) is 43.7 Å². The molecule has 0 amide bonds. The van der Waals surface area contributed by atoms with E-state index in [1.54, 1.807) is 6.08 Å². The minimum atomic E-state index is -0.752. The van der Waals surface area contributed by atoms with Crippen molar-refractivity contribution < 1.29 is 24.2 Å². The summed E-state index contributed by atoms with van der Waals surface area (Å²) in [6.45, 7) is 3.61. The van der Waals surface area contributed by atoms with E-state index in [0.717, 1.165) is 18.1 Å². The Kier molecular flexibility index (Phi) is 8.26. The Bertz CT molecular complexity index is 745. The average molecular weight is 413 g/mol. The van der Waals surface area contributed by atoms with Crippen molar-refractivity contribution in [1.82, 2.24) is 0 Å². The van der Waals surface area contributed by atoms with Crippen LogP contribution >= 0.6 is 0 Å². The smallest absolute Gasteiger partial charge is 0.331 e. The maximum absolute atomic E-state index is 12.2. The van der Waals surface area contributed by atoms with Crippen LogP contribution in [0.1, 0.15) is 68.4 Å². The molecule has 0 bridgehead atoms. The van der Waals surface area contributed by atoms with Crippen molar-refractivity contribution in [3.8, 4) is 0 Å². The molecule has 5 nitrogen and oxygen atoms in total. The largest absolute Gasteiger partial charge is 0.462 e. The molecule has 0 aliphatic heterocycles. The van der Waals surface area contributed by atoms with Crippen molar-refractivity contribution in [3.63, 3.8) is 0 Å². The van der Waals surface area contributed by atoms with Gasteiger partial charge < -0.3 is 14.6 Å². The Hall–Kier alpha value is -2.40. The molecule has 1 aromatic carbocycles. The van der Waals surface area contributed by atoms with Crippen LogP contribution < -0.4 is 0 Å². The van der Waals surface area contributed by atoms with Crippen LogP contribution in [0.4, 0.5) is 0 Å². The maximum Gasteiger partial charge on any atom is 0.331 e. The van der Waals surface area contributed by atoms with Gasteiger partial charge in [-0.15, -0.1) is 0 Å². The molecule has 3 rings (SSSR count). The molecular formula is C25H32O5. The van der Waals surface area contributed by atoms with Gasteiger partial charge in [-0.1, -0.05) is 50.1 Å². The molecule has 1 aromatic rings. The second-order valence-electron chi connectivity index (χ2n) is 8.39. The molecule has 2 aliphatic rings. The molecule has 5 heteroatoms. The predicted molar refractivity (Wildman–Crippen MR) is 116 cm³/mol. The Balaban J connectivity index is 1.44. The van der Waals surface area contributed by atoms with Gasteiger partial charge in [0.15, 0.2) is 0 Å². The van der Waals surface area contributed by atoms with E-state index in [1.807, 2.05) is 12.1 Å². The zero-order valence-electron chi connectivity index (χ0n) is 17.5. The second kappa shape index (κ2) is 11.1. The van der Waals surface area contributed by atoms with Gasteiger partial charge >= 0.3 is 11.9 Å². The van der Waals surface area contributed by atoms with Gasteiger partial charge in [0.2, 0.25) is 0 Å². The summed E-state index contributed by atoms with van der Waals surface area (Å²) in [7, 11) is 0. The van der Waals surface area contributed by atoms with Gasteiger partial charge in [-0.25, -0.2) is 9.59 Å². The number of hydrogen-bond donors (Lipinski definition) is 1. The van der Waals surface area contributed by atoms with E-state index in [-0.39, 0.29) is 12.5 Å². The molecule has 30 heavy (non-hydrogen) atoms. The zero-order valence-corrected chi connectivity index (χ0v) is 17.5. The summed E-state index contributed by atoms with van der Waals surface area (Å²) >= 11 is 0. The van der Waals surface area contributed by atoms with E-state index < -0.39 is 24.1 Å². The summed E-state index contributed by atoms with van der Waals surface area (Å²) in [5, 5.41) is 10.3. The van der Waals surface area contributed by atoms with E-state index >= 15 is 0 Å². The summed E-state index contributed by atoms with van der Waals surface area (Å²) in [5.74, 6) is -0.183. The maximum atomic E-state index is 12.2. The normalized spacial score (nSPS) is 25.0. The third kappa shape index (κ3) is 6.56. The first-order chi connectivity index (χ1) is 14.5. The molecule has 2 fully saturated rings. The lowest BCUT2D eigenvalue weighted by molar-refractivity contribution is -0.154. The predicted octanol–water partition coefficient (Wildman–Crippen LogP) is 4.55. The lowest BCUT2D eigenvalue weighted by atomic mass is 9.84. The van der Waals surface area contributed by atoms with Crippen molar-refractivity contribution in [2.24, 2.45) is 5.92 Å². The van der Waals surface area contributed by atoms with E-state index in [2.05, 4.69) is 18.7 Å². The van der Waals surface area contributed by atoms with Crippen LogP contribution in [-0.4, -0.2) is 35.9 Å². The van der Waals surface area contributed by atoms with Crippen LogP contribution in [0.2, 0.25) is 0 Å². The van der Waals surface area contributed by atoms with Crippen molar-refractivity contribution >= 4 is 18.0 Å². The standard InChI is InChI=1S/C25H32O5/c1-2-24(27)29-17-19-10-14-23(22(26)16-19)30-25(28)15-11-18-8-12-21(13-9-18)20-6-4-3-5-7-20/h2,8-9,11-13,15,19-20,22-23,26H,1,3-7,10,14,16-17H2/b15-11+. The van der Waals surface area contributed by atoms with Gasteiger partial charge in [-0.3, -0.25) is 0 Å². The molecule has 0 saturated heterocycles. The highest BCUT2D eigenvalue weighted by Crippen LogP contribution is 2.32. The Morgan fingerprint density at radius 3 is 2.43 bits per heavy atom. The highest BCUT2D eigenvalue weighted by molar-refractivity contribution is 5.87. The van der Waals surface area contributed by atoms with Gasteiger partial charge in [0.25, 0.3) is 0 Å². The van der Waals surface area contributed by atoms with Crippen LogP contribution in [0, 0.1) is 5.92 Å². The van der Waals surface area contributed by atoms with Crippen molar-refractivity contribution in [1.29, 1.82) is 0 Å². The third-order valence-electron chi connectivity index (χ3n) is 6.18. The number of hydrogen-bond acceptors (Lipinski definition) is 5. The summed E-state index contributed by atoms with van der Waals surface area (Å²) in [4.78, 5) is 23.3. The summed E-state index contributed by atoms with van der Waals surface area (Å²) in [6.07, 6.45) is 11.2. The molecule has 2 saturated carbocycles. The lowest BCUT2D eigenvalue weighted by Crippen LogP contribution is -2.38. The number of carbonyl (C=O) groups is 2. The first-order valence-corrected chi connectivity index (χ1v) is 11.0. The molecule has 0 spiro atoms. The van der Waals surface area contributed by atoms with Gasteiger partial charge in [-0.2, -0.15) is 0 Å². The Labute approximate surface area is 178 Å². The molecule has 0 radical (unpaired) electrons. The number of rotatable bonds is 7.